The average molecular weight is 327 g/mol. The van der Waals surface area contributed by atoms with E-state index in [1.54, 1.807) is 0 Å². The third-order valence-corrected chi connectivity index (χ3v) is 4.11. The van der Waals surface area contributed by atoms with Gasteiger partial charge in [0, 0.05) is 23.5 Å². The van der Waals surface area contributed by atoms with E-state index in [0.29, 0.717) is 0 Å². The second kappa shape index (κ2) is 8.70. The van der Waals surface area contributed by atoms with Crippen LogP contribution in [0.25, 0.3) is 0 Å². The summed E-state index contributed by atoms with van der Waals surface area (Å²) in [6.07, 6.45) is 14.6. The monoisotopic (exact) mass is 327 g/mol. The van der Waals surface area contributed by atoms with Gasteiger partial charge in [-0.2, -0.15) is 0 Å². The lowest BCUT2D eigenvalue weighted by atomic mass is 9.97. The van der Waals surface area contributed by atoms with Crippen molar-refractivity contribution in [2.24, 2.45) is 0 Å². The van der Waals surface area contributed by atoms with Crippen molar-refractivity contribution in [3.05, 3.63) is 127 Å². The summed E-state index contributed by atoms with van der Waals surface area (Å²) in [6.45, 7) is 18.3. The van der Waals surface area contributed by atoms with Crippen LogP contribution in [0.4, 0.5) is 5.69 Å². The number of rotatable bonds is 5. The van der Waals surface area contributed by atoms with Crippen LogP contribution in [-0.4, -0.2) is 0 Å². The molecule has 126 valence electrons. The summed E-state index contributed by atoms with van der Waals surface area (Å²) in [7, 11) is 0. The molecule has 1 aliphatic rings. The highest BCUT2D eigenvalue weighted by molar-refractivity contribution is 5.65. The lowest BCUT2D eigenvalue weighted by molar-refractivity contribution is 1.08. The van der Waals surface area contributed by atoms with Crippen molar-refractivity contribution in [3.63, 3.8) is 0 Å². The minimum atomic E-state index is 0.731. The zero-order chi connectivity index (χ0) is 18.2. The van der Waals surface area contributed by atoms with Crippen molar-refractivity contribution < 1.29 is 0 Å². The quantitative estimate of drug-likeness (QED) is 0.585. The molecule has 1 nitrogen and oxygen atoms in total. The predicted molar refractivity (Wildman–Crippen MR) is 111 cm³/mol. The van der Waals surface area contributed by atoms with Gasteiger partial charge in [-0.15, -0.1) is 0 Å². The van der Waals surface area contributed by atoms with Crippen LogP contribution in [0.15, 0.2) is 127 Å². The molecule has 1 heteroatoms. The van der Waals surface area contributed by atoms with Crippen molar-refractivity contribution in [1.29, 1.82) is 0 Å². The zero-order valence-corrected chi connectivity index (χ0v) is 14.9. The molecule has 0 aromatic heterocycles. The number of hydrogen-bond acceptors (Lipinski definition) is 1. The average Bonchev–Trinajstić information content (AvgIpc) is 2.70. The smallest absolute Gasteiger partial charge is 0.0490 e. The van der Waals surface area contributed by atoms with Crippen molar-refractivity contribution in [2.45, 2.75) is 13.3 Å². The Morgan fingerprint density at radius 1 is 0.920 bits per heavy atom. The molecule has 1 aliphatic heterocycles. The van der Waals surface area contributed by atoms with E-state index in [0.717, 1.165) is 40.2 Å². The Balaban J connectivity index is 2.73. The molecule has 0 fully saturated rings. The highest BCUT2D eigenvalue weighted by Crippen LogP contribution is 2.32. The molecule has 0 aliphatic carbocycles. The molecular weight excluding hydrogens is 302 g/mol. The van der Waals surface area contributed by atoms with Crippen LogP contribution in [0.3, 0.4) is 0 Å². The third-order valence-electron chi connectivity index (χ3n) is 4.11. The van der Waals surface area contributed by atoms with E-state index in [1.807, 2.05) is 55.5 Å². The molecule has 1 aromatic carbocycles. The Hall–Kier alpha value is -3.06. The van der Waals surface area contributed by atoms with Crippen LogP contribution < -0.4 is 4.90 Å². The minimum absolute atomic E-state index is 0.731. The molecule has 0 saturated heterocycles. The minimum Gasteiger partial charge on any atom is -0.311 e. The summed E-state index contributed by atoms with van der Waals surface area (Å²) < 4.78 is 0. The first-order valence-corrected chi connectivity index (χ1v) is 8.34. The summed E-state index contributed by atoms with van der Waals surface area (Å²) in [6, 6.07) is 10.2. The zero-order valence-electron chi connectivity index (χ0n) is 14.9. The Labute approximate surface area is 151 Å². The van der Waals surface area contributed by atoms with Gasteiger partial charge in [-0.05, 0) is 47.9 Å². The van der Waals surface area contributed by atoms with E-state index in [4.69, 9.17) is 0 Å². The van der Waals surface area contributed by atoms with Crippen LogP contribution in [0.2, 0.25) is 0 Å². The molecular formula is C24H25N. The topological polar surface area (TPSA) is 3.24 Å². The molecule has 0 unspecified atom stereocenters. The largest absolute Gasteiger partial charge is 0.311 e. The highest BCUT2D eigenvalue weighted by Gasteiger charge is 2.17. The van der Waals surface area contributed by atoms with Gasteiger partial charge in [0.1, 0.15) is 0 Å². The van der Waals surface area contributed by atoms with Gasteiger partial charge < -0.3 is 4.90 Å². The number of benzene rings is 1. The Bertz CT molecular complexity index is 798. The Morgan fingerprint density at radius 3 is 2.16 bits per heavy atom. The number of anilines is 1. The third kappa shape index (κ3) is 4.07. The maximum Gasteiger partial charge on any atom is 0.0490 e. The van der Waals surface area contributed by atoms with Crippen molar-refractivity contribution in [1.82, 2.24) is 0 Å². The molecule has 25 heavy (non-hydrogen) atoms. The molecule has 0 N–H and O–H groups in total. The molecule has 0 saturated carbocycles. The van der Waals surface area contributed by atoms with Gasteiger partial charge >= 0.3 is 0 Å². The summed E-state index contributed by atoms with van der Waals surface area (Å²) in [5.41, 5.74) is 6.24. The molecule has 0 amide bonds. The van der Waals surface area contributed by atoms with E-state index in [1.165, 1.54) is 0 Å². The van der Waals surface area contributed by atoms with E-state index < -0.39 is 0 Å². The van der Waals surface area contributed by atoms with Crippen molar-refractivity contribution in [3.8, 4) is 0 Å². The fraction of sp³-hybridized carbons (Fsp3) is 0.0833. The van der Waals surface area contributed by atoms with Gasteiger partial charge in [-0.25, -0.2) is 0 Å². The number of para-hydroxylation sites is 1. The van der Waals surface area contributed by atoms with Crippen molar-refractivity contribution in [2.75, 3.05) is 4.90 Å². The van der Waals surface area contributed by atoms with Gasteiger partial charge in [-0.3, -0.25) is 0 Å². The van der Waals surface area contributed by atoms with E-state index in [-0.39, 0.29) is 0 Å². The first-order valence-electron chi connectivity index (χ1n) is 8.34. The maximum atomic E-state index is 4.28. The van der Waals surface area contributed by atoms with Gasteiger partial charge in [0.15, 0.2) is 0 Å². The second-order valence-electron chi connectivity index (χ2n) is 5.68. The lowest BCUT2D eigenvalue weighted by Gasteiger charge is -2.28. The summed E-state index contributed by atoms with van der Waals surface area (Å²) in [5.74, 6) is 0. The first-order chi connectivity index (χ1) is 12.2. The van der Waals surface area contributed by atoms with Crippen LogP contribution in [0.1, 0.15) is 13.3 Å². The normalized spacial score (nSPS) is 22.9. The molecule has 1 aromatic rings. The molecule has 0 bridgehead atoms. The molecule has 0 radical (unpaired) electrons. The standard InChI is InChI=1S/C24H25N/c1-6-13-22-17-16-19(5)25(23-14-11-10-12-15-23)24(9-4)21(8-3)18-20(22)7-2/h6-17H,2-5,18H2,1H3/b13-6-,17-16-,22-20-,24-21-. The van der Waals surface area contributed by atoms with Gasteiger partial charge in [-0.1, -0.05) is 74.9 Å². The van der Waals surface area contributed by atoms with Gasteiger partial charge in [0.05, 0.1) is 0 Å². The number of nitrogens with zero attached hydrogens (tertiary/aromatic N) is 1. The Morgan fingerprint density at radius 2 is 1.60 bits per heavy atom. The molecule has 0 atom stereocenters. The SMILES string of the molecule is C=C/C1=C(\C=C/C)/C=C\C(=C)N(c2ccccc2)/C(C=C)=C(/C=C)C1. The van der Waals surface area contributed by atoms with E-state index in [9.17, 15) is 0 Å². The van der Waals surface area contributed by atoms with Crippen LogP contribution >= 0.6 is 0 Å². The number of allylic oxidation sites excluding steroid dienone is 10. The Kier molecular flexibility index (Phi) is 6.36. The van der Waals surface area contributed by atoms with Crippen LogP contribution in [0, 0.1) is 0 Å². The van der Waals surface area contributed by atoms with Crippen LogP contribution in [0.5, 0.6) is 0 Å². The van der Waals surface area contributed by atoms with E-state index in [2.05, 4.69) is 55.5 Å². The van der Waals surface area contributed by atoms with Crippen LogP contribution in [-0.2, 0) is 0 Å². The van der Waals surface area contributed by atoms with Gasteiger partial charge in [0.25, 0.3) is 0 Å². The van der Waals surface area contributed by atoms with Crippen molar-refractivity contribution >= 4 is 5.69 Å². The summed E-state index contributed by atoms with van der Waals surface area (Å²) in [4.78, 5) is 2.11. The molecule has 2 rings (SSSR count). The van der Waals surface area contributed by atoms with Gasteiger partial charge in [0.2, 0.25) is 0 Å². The lowest BCUT2D eigenvalue weighted by Crippen LogP contribution is -2.20. The maximum absolute atomic E-state index is 4.28. The fourth-order valence-electron chi connectivity index (χ4n) is 2.88. The molecule has 0 spiro atoms. The predicted octanol–water partition coefficient (Wildman–Crippen LogP) is 6.65. The first kappa shape index (κ1) is 18.3. The molecule has 1 heterocycles. The van der Waals surface area contributed by atoms with E-state index >= 15 is 0 Å². The second-order valence-corrected chi connectivity index (χ2v) is 5.68. The number of hydrogen-bond donors (Lipinski definition) is 0. The summed E-state index contributed by atoms with van der Waals surface area (Å²) in [5, 5.41) is 0. The summed E-state index contributed by atoms with van der Waals surface area (Å²) >= 11 is 0. The fourth-order valence-corrected chi connectivity index (χ4v) is 2.88. The highest BCUT2D eigenvalue weighted by atomic mass is 15.1.